The van der Waals surface area contributed by atoms with E-state index in [1.54, 1.807) is 24.3 Å². The zero-order valence-electron chi connectivity index (χ0n) is 17.0. The number of aromatic hydroxyl groups is 1. The van der Waals surface area contributed by atoms with Crippen molar-refractivity contribution in [1.29, 1.82) is 0 Å². The molecule has 0 aliphatic carbocycles. The third kappa shape index (κ3) is 4.97. The second kappa shape index (κ2) is 8.12. The number of ether oxygens (including phenoxy) is 2. The van der Waals surface area contributed by atoms with Crippen LogP contribution in [0.1, 0.15) is 33.6 Å². The van der Waals surface area contributed by atoms with E-state index in [1.807, 2.05) is 43.8 Å². The van der Waals surface area contributed by atoms with Gasteiger partial charge in [-0.05, 0) is 51.7 Å². The number of hydrogen-bond acceptors (Lipinski definition) is 5. The van der Waals surface area contributed by atoms with Gasteiger partial charge in [-0.3, -0.25) is 4.68 Å². The van der Waals surface area contributed by atoms with Crippen LogP contribution in [-0.4, -0.2) is 51.7 Å². The molecule has 28 heavy (non-hydrogen) atoms. The van der Waals surface area contributed by atoms with Crippen molar-refractivity contribution in [3.8, 4) is 22.6 Å². The third-order valence-corrected chi connectivity index (χ3v) is 4.86. The van der Waals surface area contributed by atoms with E-state index in [9.17, 15) is 9.90 Å². The lowest BCUT2D eigenvalue weighted by Crippen LogP contribution is -2.42. The van der Waals surface area contributed by atoms with E-state index in [1.165, 1.54) is 0 Å². The van der Waals surface area contributed by atoms with Gasteiger partial charge in [0.25, 0.3) is 0 Å². The Morgan fingerprint density at radius 2 is 2.00 bits per heavy atom. The Hall–Kier alpha value is -2.70. The van der Waals surface area contributed by atoms with E-state index in [2.05, 4.69) is 5.10 Å². The van der Waals surface area contributed by atoms with Gasteiger partial charge < -0.3 is 19.5 Å². The molecule has 0 radical (unpaired) electrons. The highest BCUT2D eigenvalue weighted by atomic mass is 16.6. The number of hydrogen-bond donors (Lipinski definition) is 1. The van der Waals surface area contributed by atoms with Gasteiger partial charge >= 0.3 is 6.09 Å². The van der Waals surface area contributed by atoms with Gasteiger partial charge in [-0.1, -0.05) is 0 Å². The van der Waals surface area contributed by atoms with Gasteiger partial charge in [-0.15, -0.1) is 0 Å². The van der Waals surface area contributed by atoms with Crippen LogP contribution in [0.4, 0.5) is 4.79 Å². The molecule has 1 aromatic carbocycles. The summed E-state index contributed by atoms with van der Waals surface area (Å²) < 4.78 is 12.5. The average molecular weight is 387 g/mol. The molecule has 1 fully saturated rings. The van der Waals surface area contributed by atoms with Crippen LogP contribution in [-0.2, 0) is 11.3 Å². The van der Waals surface area contributed by atoms with Crippen LogP contribution in [0.5, 0.6) is 11.5 Å². The Balaban J connectivity index is 1.56. The predicted molar refractivity (Wildman–Crippen MR) is 106 cm³/mol. The maximum absolute atomic E-state index is 12.2. The minimum absolute atomic E-state index is 0.171. The molecule has 0 bridgehead atoms. The summed E-state index contributed by atoms with van der Waals surface area (Å²) in [5.74, 6) is 1.24. The van der Waals surface area contributed by atoms with E-state index in [-0.39, 0.29) is 11.8 Å². The molecule has 1 aromatic heterocycles. The normalized spacial score (nSPS) is 15.5. The molecule has 0 unspecified atom stereocenters. The number of phenolic OH excluding ortho intramolecular Hbond substituents is 1. The van der Waals surface area contributed by atoms with Gasteiger partial charge in [0.2, 0.25) is 0 Å². The standard InChI is InChI=1S/C21H29N3O4/c1-21(2,3)28-20(26)23-9-7-15(8-10-23)13-24-14-16(12-22-24)18-6-5-17(27-4)11-19(18)25/h5-6,11-12,14-15,25H,7-10,13H2,1-4H3. The molecule has 0 spiro atoms. The summed E-state index contributed by atoms with van der Waals surface area (Å²) in [7, 11) is 1.57. The first kappa shape index (κ1) is 20.0. The van der Waals surface area contributed by atoms with Crippen molar-refractivity contribution < 1.29 is 19.4 Å². The van der Waals surface area contributed by atoms with Crippen LogP contribution in [0.2, 0.25) is 0 Å². The smallest absolute Gasteiger partial charge is 0.410 e. The number of rotatable bonds is 4. The lowest BCUT2D eigenvalue weighted by molar-refractivity contribution is 0.0177. The highest BCUT2D eigenvalue weighted by Gasteiger charge is 2.27. The van der Waals surface area contributed by atoms with Gasteiger partial charge in [0.05, 0.1) is 13.3 Å². The number of nitrogens with zero attached hydrogens (tertiary/aromatic N) is 3. The quantitative estimate of drug-likeness (QED) is 0.861. The van der Waals surface area contributed by atoms with Crippen LogP contribution in [0.15, 0.2) is 30.6 Å². The summed E-state index contributed by atoms with van der Waals surface area (Å²) in [6.45, 7) is 7.84. The summed E-state index contributed by atoms with van der Waals surface area (Å²) in [4.78, 5) is 14.0. The first-order chi connectivity index (χ1) is 13.2. The monoisotopic (exact) mass is 387 g/mol. The SMILES string of the molecule is COc1ccc(-c2cnn(CC3CCN(C(=O)OC(C)(C)C)CC3)c2)c(O)c1. The Labute approximate surface area is 165 Å². The molecule has 1 amide bonds. The van der Waals surface area contributed by atoms with Crippen molar-refractivity contribution >= 4 is 6.09 Å². The Morgan fingerprint density at radius 1 is 1.29 bits per heavy atom. The zero-order chi connectivity index (χ0) is 20.3. The summed E-state index contributed by atoms with van der Waals surface area (Å²) in [6, 6.07) is 5.24. The van der Waals surface area contributed by atoms with Crippen molar-refractivity contribution in [2.24, 2.45) is 5.92 Å². The number of likely N-dealkylation sites (tertiary alicyclic amines) is 1. The van der Waals surface area contributed by atoms with Crippen LogP contribution in [0.25, 0.3) is 11.1 Å². The molecule has 2 aromatic rings. The summed E-state index contributed by atoms with van der Waals surface area (Å²) in [5.41, 5.74) is 1.13. The van der Waals surface area contributed by atoms with Gasteiger partial charge in [-0.2, -0.15) is 5.10 Å². The van der Waals surface area contributed by atoms with Gasteiger partial charge in [0, 0.05) is 43.0 Å². The lowest BCUT2D eigenvalue weighted by atomic mass is 9.97. The minimum atomic E-state index is -0.466. The number of carbonyl (C=O) groups excluding carboxylic acids is 1. The first-order valence-electron chi connectivity index (χ1n) is 9.63. The average Bonchev–Trinajstić information content (AvgIpc) is 3.08. The Bertz CT molecular complexity index is 817. The highest BCUT2D eigenvalue weighted by Crippen LogP contribution is 2.32. The fourth-order valence-corrected chi connectivity index (χ4v) is 3.37. The summed E-state index contributed by atoms with van der Waals surface area (Å²) in [6.07, 6.45) is 5.31. The fourth-order valence-electron chi connectivity index (χ4n) is 3.37. The van der Waals surface area contributed by atoms with Crippen molar-refractivity contribution in [1.82, 2.24) is 14.7 Å². The number of carbonyl (C=O) groups is 1. The van der Waals surface area contributed by atoms with Gasteiger partial charge in [-0.25, -0.2) is 4.79 Å². The van der Waals surface area contributed by atoms with Crippen molar-refractivity contribution in [3.63, 3.8) is 0 Å². The van der Waals surface area contributed by atoms with E-state index >= 15 is 0 Å². The minimum Gasteiger partial charge on any atom is -0.507 e. The summed E-state index contributed by atoms with van der Waals surface area (Å²) in [5, 5.41) is 14.6. The van der Waals surface area contributed by atoms with Crippen molar-refractivity contribution in [2.75, 3.05) is 20.2 Å². The lowest BCUT2D eigenvalue weighted by Gasteiger charge is -2.33. The zero-order valence-corrected chi connectivity index (χ0v) is 17.0. The van der Waals surface area contributed by atoms with Crippen LogP contribution in [0.3, 0.4) is 0 Å². The van der Waals surface area contributed by atoms with Gasteiger partial charge in [0.1, 0.15) is 17.1 Å². The molecule has 7 heteroatoms. The number of piperidine rings is 1. The van der Waals surface area contributed by atoms with Crippen molar-refractivity contribution in [2.45, 2.75) is 45.8 Å². The molecule has 1 aliphatic heterocycles. The molecule has 152 valence electrons. The fraction of sp³-hybridized carbons (Fsp3) is 0.524. The number of methoxy groups -OCH3 is 1. The van der Waals surface area contributed by atoms with E-state index in [0.29, 0.717) is 24.8 Å². The topological polar surface area (TPSA) is 76.8 Å². The second-order valence-corrected chi connectivity index (χ2v) is 8.24. The Morgan fingerprint density at radius 3 is 2.61 bits per heavy atom. The molecule has 3 rings (SSSR count). The van der Waals surface area contributed by atoms with E-state index in [4.69, 9.17) is 9.47 Å². The predicted octanol–water partition coefficient (Wildman–Crippen LogP) is 3.91. The Kier molecular flexibility index (Phi) is 5.82. The van der Waals surface area contributed by atoms with E-state index in [0.717, 1.165) is 30.5 Å². The van der Waals surface area contributed by atoms with Gasteiger partial charge in [0.15, 0.2) is 0 Å². The number of amides is 1. The second-order valence-electron chi connectivity index (χ2n) is 8.24. The molecule has 1 saturated heterocycles. The van der Waals surface area contributed by atoms with Crippen LogP contribution in [0, 0.1) is 5.92 Å². The molecule has 1 aliphatic rings. The molecular formula is C21H29N3O4. The largest absolute Gasteiger partial charge is 0.507 e. The molecule has 7 nitrogen and oxygen atoms in total. The highest BCUT2D eigenvalue weighted by molar-refractivity contribution is 5.70. The maximum atomic E-state index is 12.2. The molecule has 0 saturated carbocycles. The van der Waals surface area contributed by atoms with E-state index < -0.39 is 5.60 Å². The molecular weight excluding hydrogens is 358 g/mol. The molecule has 2 heterocycles. The maximum Gasteiger partial charge on any atom is 0.410 e. The van der Waals surface area contributed by atoms with Crippen molar-refractivity contribution in [3.05, 3.63) is 30.6 Å². The number of aromatic nitrogens is 2. The first-order valence-corrected chi connectivity index (χ1v) is 9.63. The number of benzene rings is 1. The third-order valence-electron chi connectivity index (χ3n) is 4.86. The van der Waals surface area contributed by atoms with Crippen LogP contribution < -0.4 is 4.74 Å². The summed E-state index contributed by atoms with van der Waals surface area (Å²) >= 11 is 0. The van der Waals surface area contributed by atoms with Crippen LogP contribution >= 0.6 is 0 Å². The number of phenols is 1. The molecule has 0 atom stereocenters. The molecule has 1 N–H and O–H groups in total.